The first kappa shape index (κ1) is 11.6. The van der Waals surface area contributed by atoms with Gasteiger partial charge < -0.3 is 0 Å². The highest BCUT2D eigenvalue weighted by Gasteiger charge is 2.23. The van der Waals surface area contributed by atoms with Crippen molar-refractivity contribution < 1.29 is 8.42 Å². The molecular weight excluding hydrogens is 202 g/mol. The average Bonchev–Trinajstić information content (AvgIpc) is 1.78. The van der Waals surface area contributed by atoms with E-state index >= 15 is 0 Å². The molecule has 5 nitrogen and oxygen atoms in total. The first-order valence-electron chi connectivity index (χ1n) is 3.20. The van der Waals surface area contributed by atoms with Gasteiger partial charge in [-0.15, -0.1) is 0 Å². The second kappa shape index (κ2) is 3.98. The van der Waals surface area contributed by atoms with Crippen molar-refractivity contribution in [1.82, 2.24) is 0 Å². The zero-order chi connectivity index (χ0) is 9.83. The van der Waals surface area contributed by atoms with Gasteiger partial charge >= 0.3 is 0 Å². The summed E-state index contributed by atoms with van der Waals surface area (Å²) in [6, 6.07) is 0. The Balaban J connectivity index is 4.32. The number of hydrogen-bond acceptors (Lipinski definition) is 3. The van der Waals surface area contributed by atoms with E-state index in [4.69, 9.17) is 16.2 Å². The smallest absolute Gasteiger partial charge is 0.212 e. The zero-order valence-electron chi connectivity index (χ0n) is 6.86. The van der Waals surface area contributed by atoms with Gasteiger partial charge in [-0.3, -0.25) is 0 Å². The van der Waals surface area contributed by atoms with Crippen LogP contribution in [0.4, 0.5) is 0 Å². The Morgan fingerprint density at radius 3 is 2.42 bits per heavy atom. The van der Waals surface area contributed by atoms with Crippen LogP contribution in [0.2, 0.25) is 0 Å². The van der Waals surface area contributed by atoms with Crippen molar-refractivity contribution in [3.8, 4) is 0 Å². The molecule has 0 rings (SSSR count). The molecule has 0 aliphatic rings. The molecule has 0 aromatic rings. The van der Waals surface area contributed by atoms with Crippen LogP contribution in [0.15, 0.2) is 5.11 Å². The normalized spacial score (nSPS) is 12.2. The van der Waals surface area contributed by atoms with Crippen LogP contribution in [-0.2, 0) is 9.05 Å². The summed E-state index contributed by atoms with van der Waals surface area (Å²) < 4.78 is 21.3. The fraction of sp³-hybridized carbons (Fsp3) is 1.00. The van der Waals surface area contributed by atoms with E-state index in [2.05, 4.69) is 10.0 Å². The molecule has 0 saturated carbocycles. The first-order valence-corrected chi connectivity index (χ1v) is 5.68. The maximum absolute atomic E-state index is 10.6. The molecular formula is C5H10ClN3O2S. The second-order valence-corrected chi connectivity index (χ2v) is 6.01. The van der Waals surface area contributed by atoms with E-state index in [0.717, 1.165) is 0 Å². The molecule has 0 unspecified atom stereocenters. The highest BCUT2D eigenvalue weighted by Crippen LogP contribution is 2.20. The molecule has 12 heavy (non-hydrogen) atoms. The van der Waals surface area contributed by atoms with Crippen molar-refractivity contribution in [3.05, 3.63) is 10.4 Å². The Morgan fingerprint density at radius 1 is 1.58 bits per heavy atom. The van der Waals surface area contributed by atoms with Crippen LogP contribution < -0.4 is 0 Å². The van der Waals surface area contributed by atoms with Crippen LogP contribution >= 0.6 is 10.7 Å². The maximum atomic E-state index is 10.6. The third-order valence-electron chi connectivity index (χ3n) is 1.13. The van der Waals surface area contributed by atoms with Crippen molar-refractivity contribution >= 4 is 19.7 Å². The average molecular weight is 212 g/mol. The molecule has 0 aliphatic heterocycles. The minimum atomic E-state index is -3.52. The lowest BCUT2D eigenvalue weighted by Gasteiger charge is -2.19. The Bertz CT molecular complexity index is 292. The summed E-state index contributed by atoms with van der Waals surface area (Å²) in [6.45, 7) is 3.46. The van der Waals surface area contributed by atoms with Gasteiger partial charge in [-0.25, -0.2) is 8.42 Å². The lowest BCUT2D eigenvalue weighted by atomic mass is 9.97. The minimum absolute atomic E-state index is 0.120. The minimum Gasteiger partial charge on any atom is -0.212 e. The van der Waals surface area contributed by atoms with Crippen LogP contribution in [-0.4, -0.2) is 20.7 Å². The van der Waals surface area contributed by atoms with E-state index in [1.165, 1.54) is 0 Å². The molecule has 0 fully saturated rings. The van der Waals surface area contributed by atoms with E-state index < -0.39 is 14.5 Å². The highest BCUT2D eigenvalue weighted by atomic mass is 35.7. The SMILES string of the molecule is CC(C)(CN=[N+]=[N-])CS(=O)(=O)Cl. The van der Waals surface area contributed by atoms with Crippen molar-refractivity contribution in [2.45, 2.75) is 13.8 Å². The first-order chi connectivity index (χ1) is 5.27. The quantitative estimate of drug-likeness (QED) is 0.308. The lowest BCUT2D eigenvalue weighted by molar-refractivity contribution is 0.427. The molecule has 0 heterocycles. The Morgan fingerprint density at radius 2 is 2.08 bits per heavy atom. The van der Waals surface area contributed by atoms with Crippen LogP contribution in [0.5, 0.6) is 0 Å². The topological polar surface area (TPSA) is 82.9 Å². The summed E-state index contributed by atoms with van der Waals surface area (Å²) >= 11 is 0. The van der Waals surface area contributed by atoms with Gasteiger partial charge in [0.1, 0.15) is 0 Å². The third kappa shape index (κ3) is 6.27. The van der Waals surface area contributed by atoms with Crippen LogP contribution in [0.25, 0.3) is 10.4 Å². The van der Waals surface area contributed by atoms with E-state index in [1.807, 2.05) is 0 Å². The van der Waals surface area contributed by atoms with Gasteiger partial charge in [-0.1, -0.05) is 19.0 Å². The molecule has 0 aromatic carbocycles. The monoisotopic (exact) mass is 211 g/mol. The van der Waals surface area contributed by atoms with Gasteiger partial charge in [0.15, 0.2) is 0 Å². The lowest BCUT2D eigenvalue weighted by Crippen LogP contribution is -2.24. The molecule has 0 N–H and O–H groups in total. The van der Waals surface area contributed by atoms with Crippen molar-refractivity contribution in [2.24, 2.45) is 10.5 Å². The Hall–Kier alpha value is -0.450. The molecule has 7 heteroatoms. The van der Waals surface area contributed by atoms with Crippen LogP contribution in [0.3, 0.4) is 0 Å². The van der Waals surface area contributed by atoms with Crippen LogP contribution in [0, 0.1) is 5.41 Å². The molecule has 0 aliphatic carbocycles. The fourth-order valence-corrected chi connectivity index (χ4v) is 2.65. The van der Waals surface area contributed by atoms with E-state index in [-0.39, 0.29) is 12.3 Å². The predicted octanol–water partition coefficient (Wildman–Crippen LogP) is 1.89. The molecule has 0 radical (unpaired) electrons. The standard InChI is InChI=1S/C5H10ClN3O2S/c1-5(2,3-8-9-7)4-12(6,10)11/h3-4H2,1-2H3. The molecule has 0 atom stereocenters. The summed E-state index contributed by atoms with van der Waals surface area (Å²) in [5.74, 6) is -0.194. The van der Waals surface area contributed by atoms with E-state index in [0.29, 0.717) is 0 Å². The van der Waals surface area contributed by atoms with Gasteiger partial charge in [-0.05, 0) is 10.9 Å². The molecule has 0 aromatic heterocycles. The maximum Gasteiger partial charge on any atom is 0.233 e. The van der Waals surface area contributed by atoms with E-state index in [9.17, 15) is 8.42 Å². The number of rotatable bonds is 4. The molecule has 0 spiro atoms. The summed E-state index contributed by atoms with van der Waals surface area (Å²) in [4.78, 5) is 2.54. The largest absolute Gasteiger partial charge is 0.233 e. The number of azide groups is 1. The van der Waals surface area contributed by atoms with Gasteiger partial charge in [0.05, 0.1) is 5.75 Å². The Labute approximate surface area is 75.8 Å². The zero-order valence-corrected chi connectivity index (χ0v) is 8.43. The summed E-state index contributed by atoms with van der Waals surface area (Å²) in [7, 11) is 1.51. The highest BCUT2D eigenvalue weighted by molar-refractivity contribution is 8.13. The van der Waals surface area contributed by atoms with Gasteiger partial charge in [0.2, 0.25) is 9.05 Å². The molecule has 0 saturated heterocycles. The summed E-state index contributed by atoms with van der Waals surface area (Å²) in [6.07, 6.45) is 0. The third-order valence-corrected chi connectivity index (χ3v) is 2.58. The van der Waals surface area contributed by atoms with Gasteiger partial charge in [0.25, 0.3) is 0 Å². The van der Waals surface area contributed by atoms with Crippen molar-refractivity contribution in [3.63, 3.8) is 0 Å². The molecule has 70 valence electrons. The van der Waals surface area contributed by atoms with Crippen molar-refractivity contribution in [1.29, 1.82) is 0 Å². The summed E-state index contributed by atoms with van der Waals surface area (Å²) in [5.41, 5.74) is 7.40. The fourth-order valence-electron chi connectivity index (χ4n) is 0.735. The van der Waals surface area contributed by atoms with E-state index in [1.54, 1.807) is 13.8 Å². The number of hydrogen-bond donors (Lipinski definition) is 0. The predicted molar refractivity (Wildman–Crippen MR) is 47.4 cm³/mol. The number of halogens is 1. The molecule has 0 amide bonds. The van der Waals surface area contributed by atoms with Crippen molar-refractivity contribution in [2.75, 3.05) is 12.3 Å². The van der Waals surface area contributed by atoms with Gasteiger partial charge in [-0.2, -0.15) is 0 Å². The van der Waals surface area contributed by atoms with Gasteiger partial charge in [0, 0.05) is 22.1 Å². The second-order valence-electron chi connectivity index (χ2n) is 3.24. The molecule has 0 bridgehead atoms. The van der Waals surface area contributed by atoms with Crippen LogP contribution in [0.1, 0.15) is 13.8 Å². The number of nitrogens with zero attached hydrogens (tertiary/aromatic N) is 3. The summed E-state index contributed by atoms with van der Waals surface area (Å²) in [5, 5.41) is 3.29. The Kier molecular flexibility index (Phi) is 3.83.